The quantitative estimate of drug-likeness (QED) is 0.723. The Morgan fingerprint density at radius 3 is 2.57 bits per heavy atom. The third kappa shape index (κ3) is 3.84. The molecule has 0 bridgehead atoms. The molecule has 156 valence electrons. The van der Waals surface area contributed by atoms with Gasteiger partial charge in [0.15, 0.2) is 5.76 Å². The van der Waals surface area contributed by atoms with Crippen LogP contribution in [0.4, 0.5) is 4.39 Å². The number of ketones is 1. The molecule has 30 heavy (non-hydrogen) atoms. The van der Waals surface area contributed by atoms with Crippen molar-refractivity contribution in [1.82, 2.24) is 9.80 Å². The van der Waals surface area contributed by atoms with Crippen molar-refractivity contribution in [2.45, 2.75) is 6.54 Å². The minimum atomic E-state index is -0.317. The van der Waals surface area contributed by atoms with Gasteiger partial charge in [0.1, 0.15) is 24.0 Å². The van der Waals surface area contributed by atoms with Gasteiger partial charge < -0.3 is 14.2 Å². The normalized spacial score (nSPS) is 20.6. The minimum absolute atomic E-state index is 0.164. The van der Waals surface area contributed by atoms with Crippen molar-refractivity contribution in [1.29, 1.82) is 0 Å². The highest BCUT2D eigenvalue weighted by Crippen LogP contribution is 2.42. The molecule has 0 aliphatic carbocycles. The summed E-state index contributed by atoms with van der Waals surface area (Å²) in [5.74, 6) is 1.09. The van der Waals surface area contributed by atoms with Crippen molar-refractivity contribution < 1.29 is 23.4 Å². The fourth-order valence-corrected chi connectivity index (χ4v) is 3.97. The van der Waals surface area contributed by atoms with Gasteiger partial charge in [0.2, 0.25) is 5.78 Å². The molecular formula is C23H23FN2O4. The van der Waals surface area contributed by atoms with Gasteiger partial charge in [-0.05, 0) is 35.9 Å². The smallest absolute Gasteiger partial charge is 0.231 e. The highest BCUT2D eigenvalue weighted by molar-refractivity contribution is 6.15. The van der Waals surface area contributed by atoms with Crippen molar-refractivity contribution in [3.63, 3.8) is 0 Å². The third-order valence-corrected chi connectivity index (χ3v) is 5.69. The Bertz CT molecular complexity index is 983. The molecule has 2 aromatic rings. The van der Waals surface area contributed by atoms with Gasteiger partial charge in [-0.15, -0.1) is 0 Å². The summed E-state index contributed by atoms with van der Waals surface area (Å²) < 4.78 is 30.5. The zero-order valence-corrected chi connectivity index (χ0v) is 16.6. The molecule has 0 N–H and O–H groups in total. The van der Waals surface area contributed by atoms with Crippen molar-refractivity contribution in [3.8, 4) is 11.5 Å². The van der Waals surface area contributed by atoms with E-state index in [9.17, 15) is 9.18 Å². The zero-order chi connectivity index (χ0) is 20.5. The van der Waals surface area contributed by atoms with Gasteiger partial charge in [0.25, 0.3) is 0 Å². The first-order chi connectivity index (χ1) is 14.7. The summed E-state index contributed by atoms with van der Waals surface area (Å²) >= 11 is 0. The van der Waals surface area contributed by atoms with Crippen molar-refractivity contribution in [2.75, 3.05) is 46.1 Å². The Hall–Kier alpha value is -2.74. The topological polar surface area (TPSA) is 51.2 Å². The molecule has 0 radical (unpaired) electrons. The molecule has 1 fully saturated rings. The molecule has 5 rings (SSSR count). The van der Waals surface area contributed by atoms with Crippen molar-refractivity contribution in [3.05, 3.63) is 64.7 Å². The van der Waals surface area contributed by atoms with Crippen LogP contribution in [0.3, 0.4) is 0 Å². The number of carbonyl (C=O) groups excluding carboxylic acids is 1. The predicted octanol–water partition coefficient (Wildman–Crippen LogP) is 2.93. The number of benzene rings is 2. The van der Waals surface area contributed by atoms with Crippen molar-refractivity contribution >= 4 is 11.9 Å². The molecule has 0 saturated carbocycles. The van der Waals surface area contributed by atoms with Crippen LogP contribution >= 0.6 is 0 Å². The summed E-state index contributed by atoms with van der Waals surface area (Å²) in [5.41, 5.74) is 2.15. The van der Waals surface area contributed by atoms with Gasteiger partial charge in [0, 0.05) is 32.7 Å². The number of morpholine rings is 1. The van der Waals surface area contributed by atoms with Crippen LogP contribution in [0.15, 0.2) is 42.2 Å². The molecule has 3 aliphatic heterocycles. The lowest BCUT2D eigenvalue weighted by atomic mass is 10.0. The lowest BCUT2D eigenvalue weighted by Crippen LogP contribution is -2.43. The van der Waals surface area contributed by atoms with E-state index in [1.54, 1.807) is 24.3 Å². The van der Waals surface area contributed by atoms with E-state index >= 15 is 0 Å². The van der Waals surface area contributed by atoms with Crippen LogP contribution in [-0.2, 0) is 11.3 Å². The van der Waals surface area contributed by atoms with Crippen LogP contribution in [0.1, 0.15) is 21.5 Å². The number of Topliss-reactive ketones (excluding diaryl/α,β-unsaturated/α-hetero) is 1. The van der Waals surface area contributed by atoms with Gasteiger partial charge in [0.05, 0.1) is 24.3 Å². The first kappa shape index (κ1) is 19.2. The number of halogens is 1. The second kappa shape index (κ2) is 8.18. The van der Waals surface area contributed by atoms with Gasteiger partial charge in [-0.25, -0.2) is 4.39 Å². The number of carbonyl (C=O) groups is 1. The SMILES string of the molecule is O=C1/C(=C/c2ccc(F)cc2)Oc2c1ccc1c2CN(CCN2CCOCC2)CO1. The first-order valence-corrected chi connectivity index (χ1v) is 10.2. The van der Waals surface area contributed by atoms with E-state index < -0.39 is 0 Å². The molecule has 0 spiro atoms. The van der Waals surface area contributed by atoms with E-state index in [0.29, 0.717) is 30.2 Å². The second-order valence-corrected chi connectivity index (χ2v) is 7.69. The van der Waals surface area contributed by atoms with Crippen LogP contribution in [0.5, 0.6) is 11.5 Å². The number of hydrogen-bond donors (Lipinski definition) is 0. The molecule has 3 aliphatic rings. The average molecular weight is 410 g/mol. The number of rotatable bonds is 4. The van der Waals surface area contributed by atoms with Gasteiger partial charge >= 0.3 is 0 Å². The van der Waals surface area contributed by atoms with E-state index in [0.717, 1.165) is 50.7 Å². The van der Waals surface area contributed by atoms with Crippen LogP contribution in [0, 0.1) is 5.82 Å². The van der Waals surface area contributed by atoms with E-state index in [-0.39, 0.29) is 17.4 Å². The fourth-order valence-electron chi connectivity index (χ4n) is 3.97. The Kier molecular flexibility index (Phi) is 5.25. The number of fused-ring (bicyclic) bond motifs is 3. The van der Waals surface area contributed by atoms with E-state index in [1.165, 1.54) is 12.1 Å². The zero-order valence-electron chi connectivity index (χ0n) is 16.6. The van der Waals surface area contributed by atoms with E-state index in [1.807, 2.05) is 6.07 Å². The summed E-state index contributed by atoms with van der Waals surface area (Å²) in [6.07, 6.45) is 1.65. The first-order valence-electron chi connectivity index (χ1n) is 10.2. The molecule has 0 amide bonds. The average Bonchev–Trinajstić information content (AvgIpc) is 3.10. The van der Waals surface area contributed by atoms with Gasteiger partial charge in [-0.3, -0.25) is 14.6 Å². The maximum atomic E-state index is 13.2. The maximum Gasteiger partial charge on any atom is 0.231 e. The molecule has 2 aromatic carbocycles. The predicted molar refractivity (Wildman–Crippen MR) is 109 cm³/mol. The van der Waals surface area contributed by atoms with Crippen LogP contribution in [0.2, 0.25) is 0 Å². The monoisotopic (exact) mass is 410 g/mol. The molecule has 0 unspecified atom stereocenters. The molecule has 6 nitrogen and oxygen atoms in total. The Morgan fingerprint density at radius 1 is 1.00 bits per heavy atom. The van der Waals surface area contributed by atoms with Crippen LogP contribution in [0.25, 0.3) is 6.08 Å². The second-order valence-electron chi connectivity index (χ2n) is 7.69. The summed E-state index contributed by atoms with van der Waals surface area (Å²) in [5, 5.41) is 0. The van der Waals surface area contributed by atoms with E-state index in [2.05, 4.69) is 9.80 Å². The molecule has 7 heteroatoms. The Morgan fingerprint density at radius 2 is 1.77 bits per heavy atom. The Balaban J connectivity index is 1.33. The van der Waals surface area contributed by atoms with E-state index in [4.69, 9.17) is 14.2 Å². The highest BCUT2D eigenvalue weighted by atomic mass is 19.1. The number of allylic oxidation sites excluding steroid dienone is 1. The minimum Gasteiger partial charge on any atom is -0.478 e. The molecule has 0 aromatic heterocycles. The van der Waals surface area contributed by atoms with Crippen molar-refractivity contribution in [2.24, 2.45) is 0 Å². The van der Waals surface area contributed by atoms with Gasteiger partial charge in [-0.2, -0.15) is 0 Å². The summed E-state index contributed by atoms with van der Waals surface area (Å²) in [6, 6.07) is 9.56. The number of nitrogens with zero attached hydrogens (tertiary/aromatic N) is 2. The Labute approximate surface area is 174 Å². The number of ether oxygens (including phenoxy) is 3. The number of hydrogen-bond acceptors (Lipinski definition) is 6. The summed E-state index contributed by atoms with van der Waals surface area (Å²) in [4.78, 5) is 17.4. The summed E-state index contributed by atoms with van der Waals surface area (Å²) in [6.45, 7) is 6.48. The largest absolute Gasteiger partial charge is 0.478 e. The molecular weight excluding hydrogens is 387 g/mol. The lowest BCUT2D eigenvalue weighted by molar-refractivity contribution is 0.0239. The third-order valence-electron chi connectivity index (χ3n) is 5.69. The standard InChI is InChI=1S/C23H23FN2O4/c24-17-3-1-16(2-4-17)13-21-22(27)18-5-6-20-19(23(18)30-21)14-26(15-29-20)8-7-25-9-11-28-12-10-25/h1-6,13H,7-12,14-15H2/b21-13-. The van der Waals surface area contributed by atoms with Gasteiger partial charge in [-0.1, -0.05) is 12.1 Å². The summed E-state index contributed by atoms with van der Waals surface area (Å²) in [7, 11) is 0. The molecule has 3 heterocycles. The highest BCUT2D eigenvalue weighted by Gasteiger charge is 2.33. The molecule has 1 saturated heterocycles. The maximum absolute atomic E-state index is 13.2. The lowest BCUT2D eigenvalue weighted by Gasteiger charge is -2.33. The fraction of sp³-hybridized carbons (Fsp3) is 0.348. The molecule has 0 atom stereocenters. The van der Waals surface area contributed by atoms with Crippen LogP contribution in [-0.4, -0.2) is 61.7 Å². The van der Waals surface area contributed by atoms with Crippen LogP contribution < -0.4 is 9.47 Å².